The van der Waals surface area contributed by atoms with Gasteiger partial charge in [0.1, 0.15) is 11.6 Å². The van der Waals surface area contributed by atoms with E-state index < -0.39 is 11.6 Å². The van der Waals surface area contributed by atoms with Crippen LogP contribution in [-0.2, 0) is 6.54 Å². The smallest absolute Gasteiger partial charge is 0.131 e. The Hall–Kier alpha value is -1.42. The summed E-state index contributed by atoms with van der Waals surface area (Å²) in [6.07, 6.45) is 3.39. The molecule has 2 nitrogen and oxygen atoms in total. The van der Waals surface area contributed by atoms with Gasteiger partial charge in [-0.05, 0) is 13.0 Å². The van der Waals surface area contributed by atoms with Crippen LogP contribution in [0.3, 0.4) is 0 Å². The van der Waals surface area contributed by atoms with Crippen molar-refractivity contribution < 1.29 is 8.78 Å². The third kappa shape index (κ3) is 2.82. The predicted molar refractivity (Wildman–Crippen MR) is 62.0 cm³/mol. The van der Waals surface area contributed by atoms with Gasteiger partial charge in [0.2, 0.25) is 0 Å². The van der Waals surface area contributed by atoms with Gasteiger partial charge in [0, 0.05) is 23.4 Å². The van der Waals surface area contributed by atoms with E-state index in [2.05, 4.69) is 5.10 Å². The third-order valence-corrected chi connectivity index (χ3v) is 2.71. The van der Waals surface area contributed by atoms with E-state index >= 15 is 0 Å². The molecule has 2 aromatic rings. The SMILES string of the molecule is CC(Cl)c1cnn(Cc2ccc(F)cc2F)c1. The van der Waals surface area contributed by atoms with E-state index in [0.717, 1.165) is 11.6 Å². The second kappa shape index (κ2) is 4.84. The molecule has 0 aliphatic rings. The third-order valence-electron chi connectivity index (χ3n) is 2.46. The van der Waals surface area contributed by atoms with Crippen molar-refractivity contribution >= 4 is 11.6 Å². The minimum absolute atomic E-state index is 0.137. The highest BCUT2D eigenvalue weighted by Gasteiger charge is 2.07. The predicted octanol–water partition coefficient (Wildman–Crippen LogP) is 3.51. The zero-order valence-electron chi connectivity index (χ0n) is 9.20. The molecule has 90 valence electrons. The van der Waals surface area contributed by atoms with E-state index in [1.165, 1.54) is 12.1 Å². The summed E-state index contributed by atoms with van der Waals surface area (Å²) in [6.45, 7) is 2.09. The largest absolute Gasteiger partial charge is 0.268 e. The fraction of sp³-hybridized carbons (Fsp3) is 0.250. The van der Waals surface area contributed by atoms with Crippen molar-refractivity contribution in [1.29, 1.82) is 0 Å². The minimum atomic E-state index is -0.582. The van der Waals surface area contributed by atoms with E-state index in [1.807, 2.05) is 6.92 Å². The van der Waals surface area contributed by atoms with Gasteiger partial charge in [-0.15, -0.1) is 11.6 Å². The number of hydrogen-bond acceptors (Lipinski definition) is 1. The van der Waals surface area contributed by atoms with E-state index in [4.69, 9.17) is 11.6 Å². The van der Waals surface area contributed by atoms with Crippen molar-refractivity contribution in [2.75, 3.05) is 0 Å². The second-order valence-corrected chi connectivity index (χ2v) is 4.48. The fourth-order valence-corrected chi connectivity index (χ4v) is 1.61. The molecule has 1 aromatic carbocycles. The van der Waals surface area contributed by atoms with Gasteiger partial charge in [-0.25, -0.2) is 8.78 Å². The molecule has 0 radical (unpaired) electrons. The highest BCUT2D eigenvalue weighted by Crippen LogP contribution is 2.18. The van der Waals surface area contributed by atoms with Crippen molar-refractivity contribution in [3.63, 3.8) is 0 Å². The van der Waals surface area contributed by atoms with Gasteiger partial charge < -0.3 is 0 Å². The molecule has 0 amide bonds. The van der Waals surface area contributed by atoms with E-state index in [-0.39, 0.29) is 11.9 Å². The number of nitrogens with zero attached hydrogens (tertiary/aromatic N) is 2. The van der Waals surface area contributed by atoms with Gasteiger partial charge in [-0.1, -0.05) is 6.07 Å². The average Bonchev–Trinajstić information content (AvgIpc) is 2.71. The Kier molecular flexibility index (Phi) is 3.43. The number of aromatic nitrogens is 2. The zero-order chi connectivity index (χ0) is 12.4. The fourth-order valence-electron chi connectivity index (χ4n) is 1.50. The van der Waals surface area contributed by atoms with Crippen LogP contribution in [0.5, 0.6) is 0 Å². The molecule has 1 unspecified atom stereocenters. The second-order valence-electron chi connectivity index (χ2n) is 3.82. The van der Waals surface area contributed by atoms with Crippen molar-refractivity contribution in [1.82, 2.24) is 9.78 Å². The Bertz CT molecular complexity index is 523. The molecule has 0 spiro atoms. The van der Waals surface area contributed by atoms with Gasteiger partial charge in [0.15, 0.2) is 0 Å². The number of rotatable bonds is 3. The molecule has 1 atom stereocenters. The van der Waals surface area contributed by atoms with Crippen LogP contribution in [0.1, 0.15) is 23.4 Å². The molecule has 5 heteroatoms. The lowest BCUT2D eigenvalue weighted by Crippen LogP contribution is -2.02. The Labute approximate surface area is 103 Å². The Morgan fingerprint density at radius 3 is 2.76 bits per heavy atom. The van der Waals surface area contributed by atoms with Gasteiger partial charge in [-0.2, -0.15) is 5.10 Å². The zero-order valence-corrected chi connectivity index (χ0v) is 9.96. The van der Waals surface area contributed by atoms with Gasteiger partial charge >= 0.3 is 0 Å². The molecule has 1 heterocycles. The van der Waals surface area contributed by atoms with Crippen LogP contribution in [0.15, 0.2) is 30.6 Å². The Balaban J connectivity index is 2.19. The van der Waals surface area contributed by atoms with Crippen molar-refractivity contribution in [3.8, 4) is 0 Å². The van der Waals surface area contributed by atoms with Gasteiger partial charge in [-0.3, -0.25) is 4.68 Å². The van der Waals surface area contributed by atoms with Crippen molar-refractivity contribution in [2.24, 2.45) is 0 Å². The van der Waals surface area contributed by atoms with Gasteiger partial charge in [0.05, 0.1) is 18.1 Å². The first kappa shape index (κ1) is 12.0. The number of hydrogen-bond donors (Lipinski definition) is 0. The number of halogens is 3. The Morgan fingerprint density at radius 2 is 2.18 bits per heavy atom. The lowest BCUT2D eigenvalue weighted by molar-refractivity contribution is 0.558. The summed E-state index contributed by atoms with van der Waals surface area (Å²) in [5, 5.41) is 3.93. The van der Waals surface area contributed by atoms with E-state index in [9.17, 15) is 8.78 Å². The molecule has 0 saturated heterocycles. The summed E-state index contributed by atoms with van der Waals surface area (Å²) in [7, 11) is 0. The monoisotopic (exact) mass is 256 g/mol. The first-order valence-corrected chi connectivity index (χ1v) is 5.60. The van der Waals surface area contributed by atoms with Crippen LogP contribution < -0.4 is 0 Å². The van der Waals surface area contributed by atoms with Crippen molar-refractivity contribution in [3.05, 3.63) is 53.4 Å². The maximum Gasteiger partial charge on any atom is 0.131 e. The molecule has 0 N–H and O–H groups in total. The molecule has 2 rings (SSSR count). The van der Waals surface area contributed by atoms with Gasteiger partial charge in [0.25, 0.3) is 0 Å². The summed E-state index contributed by atoms with van der Waals surface area (Å²) >= 11 is 5.89. The summed E-state index contributed by atoms with van der Waals surface area (Å²) in [6, 6.07) is 3.51. The first-order chi connectivity index (χ1) is 8.06. The highest BCUT2D eigenvalue weighted by atomic mass is 35.5. The van der Waals surface area contributed by atoms with E-state index in [0.29, 0.717) is 5.56 Å². The standard InChI is InChI=1S/C12H11ClF2N2/c1-8(13)10-5-16-17(7-10)6-9-2-3-11(14)4-12(9)15/h2-5,7-8H,6H2,1H3. The van der Waals surface area contributed by atoms with E-state index in [1.54, 1.807) is 17.1 Å². The summed E-state index contributed by atoms with van der Waals surface area (Å²) in [4.78, 5) is 0. The molecule has 0 aliphatic carbocycles. The lowest BCUT2D eigenvalue weighted by Gasteiger charge is -2.03. The van der Waals surface area contributed by atoms with Crippen LogP contribution in [0.4, 0.5) is 8.78 Å². The quantitative estimate of drug-likeness (QED) is 0.769. The molecule has 0 bridgehead atoms. The molecule has 1 aromatic heterocycles. The Morgan fingerprint density at radius 1 is 1.41 bits per heavy atom. The van der Waals surface area contributed by atoms with Crippen LogP contribution in [0.2, 0.25) is 0 Å². The molecular weight excluding hydrogens is 246 g/mol. The van der Waals surface area contributed by atoms with Crippen LogP contribution in [-0.4, -0.2) is 9.78 Å². The maximum absolute atomic E-state index is 13.4. The maximum atomic E-state index is 13.4. The summed E-state index contributed by atoms with van der Waals surface area (Å²) in [5.74, 6) is -1.15. The summed E-state index contributed by atoms with van der Waals surface area (Å²) in [5.41, 5.74) is 1.26. The molecule has 0 fully saturated rings. The average molecular weight is 257 g/mol. The molecular formula is C12H11ClF2N2. The number of alkyl halides is 1. The lowest BCUT2D eigenvalue weighted by atomic mass is 10.2. The molecule has 17 heavy (non-hydrogen) atoms. The normalized spacial score (nSPS) is 12.7. The first-order valence-electron chi connectivity index (χ1n) is 5.16. The molecule has 0 saturated carbocycles. The minimum Gasteiger partial charge on any atom is -0.268 e. The highest BCUT2D eigenvalue weighted by molar-refractivity contribution is 6.20. The number of benzene rings is 1. The van der Waals surface area contributed by atoms with Crippen molar-refractivity contribution in [2.45, 2.75) is 18.8 Å². The summed E-state index contributed by atoms with van der Waals surface area (Å²) < 4.78 is 27.7. The van der Waals surface area contributed by atoms with Crippen LogP contribution in [0, 0.1) is 11.6 Å². The topological polar surface area (TPSA) is 17.8 Å². The molecule has 0 aliphatic heterocycles. The van der Waals surface area contributed by atoms with Crippen LogP contribution >= 0.6 is 11.6 Å². The van der Waals surface area contributed by atoms with Crippen LogP contribution in [0.25, 0.3) is 0 Å².